The Morgan fingerprint density at radius 3 is 2.44 bits per heavy atom. The maximum absolute atomic E-state index is 11.1. The molecule has 0 heterocycles. The Kier molecular flexibility index (Phi) is 4.10. The lowest BCUT2D eigenvalue weighted by atomic mass is 10.0. The largest absolute Gasteiger partial charge is 0.480 e. The van der Waals surface area contributed by atoms with Crippen LogP contribution in [-0.2, 0) is 4.79 Å². The van der Waals surface area contributed by atoms with Crippen molar-refractivity contribution in [3.63, 3.8) is 0 Å². The number of hydrogen-bond donors (Lipinski definition) is 2. The second-order valence-electron chi connectivity index (χ2n) is 3.78. The van der Waals surface area contributed by atoms with E-state index in [1.54, 1.807) is 0 Å². The van der Waals surface area contributed by atoms with E-state index >= 15 is 0 Å². The Bertz CT molecular complexity index is 412. The van der Waals surface area contributed by atoms with Crippen molar-refractivity contribution >= 4 is 5.97 Å². The lowest BCUT2D eigenvalue weighted by molar-refractivity contribution is -0.139. The van der Waals surface area contributed by atoms with Crippen LogP contribution >= 0.6 is 0 Å². The molecule has 84 valence electrons. The molecule has 1 rings (SSSR count). The Hall–Kier alpha value is -1.79. The maximum Gasteiger partial charge on any atom is 0.325 e. The molecule has 0 aliphatic rings. The van der Waals surface area contributed by atoms with Crippen molar-refractivity contribution in [3.8, 4) is 12.3 Å². The van der Waals surface area contributed by atoms with Crippen molar-refractivity contribution in [3.05, 3.63) is 34.9 Å². The third-order valence-corrected chi connectivity index (χ3v) is 2.23. The van der Waals surface area contributed by atoms with Crippen molar-refractivity contribution in [2.75, 3.05) is 6.54 Å². The highest BCUT2D eigenvalue weighted by atomic mass is 16.4. The second kappa shape index (κ2) is 5.34. The molecule has 1 unspecified atom stereocenters. The highest BCUT2D eigenvalue weighted by Crippen LogP contribution is 2.17. The van der Waals surface area contributed by atoms with Crippen LogP contribution in [0.25, 0.3) is 0 Å². The molecule has 1 aromatic carbocycles. The SMILES string of the molecule is C#CCNC(C(=O)O)c1cc(C)cc(C)c1. The molecule has 0 aromatic heterocycles. The summed E-state index contributed by atoms with van der Waals surface area (Å²) in [6.45, 7) is 4.12. The van der Waals surface area contributed by atoms with E-state index in [9.17, 15) is 4.79 Å². The quantitative estimate of drug-likeness (QED) is 0.754. The first-order valence-corrected chi connectivity index (χ1v) is 5.02. The van der Waals surface area contributed by atoms with Crippen LogP contribution in [0.1, 0.15) is 22.7 Å². The van der Waals surface area contributed by atoms with E-state index < -0.39 is 12.0 Å². The van der Waals surface area contributed by atoms with Crippen LogP contribution in [-0.4, -0.2) is 17.6 Å². The van der Waals surface area contributed by atoms with Gasteiger partial charge in [0, 0.05) is 0 Å². The Morgan fingerprint density at radius 1 is 1.44 bits per heavy atom. The molecule has 3 nitrogen and oxygen atoms in total. The number of aryl methyl sites for hydroxylation is 2. The van der Waals surface area contributed by atoms with Crippen molar-refractivity contribution < 1.29 is 9.90 Å². The summed E-state index contributed by atoms with van der Waals surface area (Å²) in [5.41, 5.74) is 2.83. The zero-order chi connectivity index (χ0) is 12.1. The van der Waals surface area contributed by atoms with Gasteiger partial charge in [0.1, 0.15) is 6.04 Å². The minimum absolute atomic E-state index is 0.240. The predicted octanol–water partition coefficient (Wildman–Crippen LogP) is 1.65. The lowest BCUT2D eigenvalue weighted by Gasteiger charge is -2.14. The summed E-state index contributed by atoms with van der Waals surface area (Å²) in [6.07, 6.45) is 5.11. The maximum atomic E-state index is 11.1. The van der Waals surface area contributed by atoms with Crippen LogP contribution < -0.4 is 5.32 Å². The summed E-state index contributed by atoms with van der Waals surface area (Å²) in [5, 5.41) is 11.9. The third kappa shape index (κ3) is 3.11. The zero-order valence-corrected chi connectivity index (χ0v) is 9.45. The van der Waals surface area contributed by atoms with E-state index in [4.69, 9.17) is 11.5 Å². The van der Waals surface area contributed by atoms with Gasteiger partial charge in [0.05, 0.1) is 6.54 Å². The van der Waals surface area contributed by atoms with Gasteiger partial charge in [-0.25, -0.2) is 0 Å². The van der Waals surface area contributed by atoms with Crippen LogP contribution in [0, 0.1) is 26.2 Å². The predicted molar refractivity (Wildman–Crippen MR) is 63.1 cm³/mol. The number of carbonyl (C=O) groups is 1. The molecule has 0 saturated heterocycles. The van der Waals surface area contributed by atoms with Gasteiger partial charge in [-0.2, -0.15) is 0 Å². The molecule has 0 aliphatic heterocycles. The number of carboxylic acid groups (broad SMARTS) is 1. The number of nitrogens with one attached hydrogen (secondary N) is 1. The molecule has 0 amide bonds. The second-order valence-corrected chi connectivity index (χ2v) is 3.78. The summed E-state index contributed by atoms with van der Waals surface area (Å²) in [6, 6.07) is 4.98. The monoisotopic (exact) mass is 217 g/mol. The molecule has 0 saturated carbocycles. The lowest BCUT2D eigenvalue weighted by Crippen LogP contribution is -2.28. The van der Waals surface area contributed by atoms with Crippen molar-refractivity contribution in [1.82, 2.24) is 5.32 Å². The van der Waals surface area contributed by atoms with Gasteiger partial charge in [-0.05, 0) is 19.4 Å². The van der Waals surface area contributed by atoms with Gasteiger partial charge in [0.25, 0.3) is 0 Å². The molecule has 0 bridgehead atoms. The van der Waals surface area contributed by atoms with E-state index in [0.717, 1.165) is 16.7 Å². The molecule has 1 atom stereocenters. The van der Waals surface area contributed by atoms with Gasteiger partial charge in [-0.1, -0.05) is 35.2 Å². The first kappa shape index (κ1) is 12.3. The van der Waals surface area contributed by atoms with E-state index in [1.807, 2.05) is 32.0 Å². The van der Waals surface area contributed by atoms with Crippen LogP contribution in [0.4, 0.5) is 0 Å². The first-order valence-electron chi connectivity index (χ1n) is 5.02. The highest BCUT2D eigenvalue weighted by Gasteiger charge is 2.18. The van der Waals surface area contributed by atoms with Crippen molar-refractivity contribution in [2.24, 2.45) is 0 Å². The van der Waals surface area contributed by atoms with E-state index in [-0.39, 0.29) is 6.54 Å². The van der Waals surface area contributed by atoms with Crippen molar-refractivity contribution in [2.45, 2.75) is 19.9 Å². The minimum Gasteiger partial charge on any atom is -0.480 e. The number of rotatable bonds is 4. The van der Waals surface area contributed by atoms with Crippen LogP contribution in [0.3, 0.4) is 0 Å². The first-order chi connectivity index (χ1) is 7.54. The number of terminal acetylenes is 1. The Morgan fingerprint density at radius 2 is 2.00 bits per heavy atom. The van der Waals surface area contributed by atoms with Gasteiger partial charge in [0.2, 0.25) is 0 Å². The van der Waals surface area contributed by atoms with Crippen LogP contribution in [0.15, 0.2) is 18.2 Å². The average molecular weight is 217 g/mol. The van der Waals surface area contributed by atoms with E-state index in [2.05, 4.69) is 11.2 Å². The van der Waals surface area contributed by atoms with Gasteiger partial charge in [-0.3, -0.25) is 10.1 Å². The molecular formula is C13H15NO2. The number of carboxylic acids is 1. The topological polar surface area (TPSA) is 49.3 Å². The average Bonchev–Trinajstić information content (AvgIpc) is 2.16. The molecule has 0 aliphatic carbocycles. The van der Waals surface area contributed by atoms with Crippen LogP contribution in [0.5, 0.6) is 0 Å². The number of hydrogen-bond acceptors (Lipinski definition) is 2. The third-order valence-electron chi connectivity index (χ3n) is 2.23. The number of benzene rings is 1. The molecule has 3 heteroatoms. The van der Waals surface area contributed by atoms with Gasteiger partial charge >= 0.3 is 5.97 Å². The van der Waals surface area contributed by atoms with E-state index in [1.165, 1.54) is 0 Å². The molecule has 16 heavy (non-hydrogen) atoms. The van der Waals surface area contributed by atoms with Crippen LogP contribution in [0.2, 0.25) is 0 Å². The summed E-state index contributed by atoms with van der Waals surface area (Å²) in [5.74, 6) is 1.46. The fourth-order valence-corrected chi connectivity index (χ4v) is 1.69. The molecular weight excluding hydrogens is 202 g/mol. The normalized spacial score (nSPS) is 11.8. The van der Waals surface area contributed by atoms with E-state index in [0.29, 0.717) is 0 Å². The number of aliphatic carboxylic acids is 1. The summed E-state index contributed by atoms with van der Waals surface area (Å²) in [7, 11) is 0. The molecule has 0 fully saturated rings. The standard InChI is InChI=1S/C13H15NO2/c1-4-5-14-12(13(15)16)11-7-9(2)6-10(3)8-11/h1,6-8,12,14H,5H2,2-3H3,(H,15,16). The minimum atomic E-state index is -0.916. The fourth-order valence-electron chi connectivity index (χ4n) is 1.69. The zero-order valence-electron chi connectivity index (χ0n) is 9.45. The summed E-state index contributed by atoms with van der Waals surface area (Å²) >= 11 is 0. The summed E-state index contributed by atoms with van der Waals surface area (Å²) in [4.78, 5) is 11.1. The van der Waals surface area contributed by atoms with Crippen molar-refractivity contribution in [1.29, 1.82) is 0 Å². The molecule has 0 radical (unpaired) electrons. The highest BCUT2D eigenvalue weighted by molar-refractivity contribution is 5.75. The smallest absolute Gasteiger partial charge is 0.325 e. The Labute approximate surface area is 95.5 Å². The van der Waals surface area contributed by atoms with Gasteiger partial charge in [-0.15, -0.1) is 6.42 Å². The molecule has 0 spiro atoms. The van der Waals surface area contributed by atoms with Gasteiger partial charge in [0.15, 0.2) is 0 Å². The summed E-state index contributed by atoms with van der Waals surface area (Å²) < 4.78 is 0. The van der Waals surface area contributed by atoms with Gasteiger partial charge < -0.3 is 5.11 Å². The molecule has 2 N–H and O–H groups in total. The Balaban J connectivity index is 3.01. The fraction of sp³-hybridized carbons (Fsp3) is 0.308. The molecule has 1 aromatic rings.